The zero-order valence-corrected chi connectivity index (χ0v) is 10.0. The minimum Gasteiger partial charge on any atom is -0.489 e. The van der Waals surface area contributed by atoms with E-state index in [1.165, 1.54) is 12.0 Å². The lowest BCUT2D eigenvalue weighted by molar-refractivity contribution is -0.105. The van der Waals surface area contributed by atoms with Gasteiger partial charge in [0.1, 0.15) is 18.7 Å². The summed E-state index contributed by atoms with van der Waals surface area (Å²) in [7, 11) is 0. The molecule has 0 aromatic rings. The number of aldehydes is 1. The van der Waals surface area contributed by atoms with Crippen molar-refractivity contribution in [2.45, 2.75) is 19.8 Å². The van der Waals surface area contributed by atoms with Crippen LogP contribution in [0.25, 0.3) is 0 Å². The Hall–Kier alpha value is -1.31. The first-order valence-electron chi connectivity index (χ1n) is 6.37. The first-order valence-corrected chi connectivity index (χ1v) is 6.37. The SMILES string of the molecule is C=C1[C@H]2C[C@H]2[C@]2(C)C=C3OCC(C=O)=C3C[C@@H]12. The first kappa shape index (κ1) is 9.69. The molecule has 0 aromatic carbocycles. The number of fused-ring (bicyclic) bond motifs is 4. The molecule has 2 nitrogen and oxygen atoms in total. The van der Waals surface area contributed by atoms with E-state index in [0.717, 1.165) is 41.4 Å². The van der Waals surface area contributed by atoms with Crippen molar-refractivity contribution >= 4 is 6.29 Å². The number of carbonyl (C=O) groups is 1. The Morgan fingerprint density at radius 1 is 1.59 bits per heavy atom. The van der Waals surface area contributed by atoms with Crippen LogP contribution in [0.15, 0.2) is 35.1 Å². The van der Waals surface area contributed by atoms with Crippen molar-refractivity contribution in [3.63, 3.8) is 0 Å². The molecule has 0 radical (unpaired) electrons. The average Bonchev–Trinajstić information content (AvgIpc) is 2.99. The third-order valence-electron chi connectivity index (χ3n) is 5.32. The van der Waals surface area contributed by atoms with Crippen molar-refractivity contribution < 1.29 is 9.53 Å². The number of hydrogen-bond donors (Lipinski definition) is 0. The quantitative estimate of drug-likeness (QED) is 0.509. The third kappa shape index (κ3) is 0.998. The molecule has 17 heavy (non-hydrogen) atoms. The van der Waals surface area contributed by atoms with Gasteiger partial charge in [-0.15, -0.1) is 0 Å². The molecular weight excluding hydrogens is 212 g/mol. The fourth-order valence-electron chi connectivity index (χ4n) is 4.21. The second-order valence-electron chi connectivity index (χ2n) is 6.07. The molecule has 0 N–H and O–H groups in total. The molecule has 4 aliphatic rings. The van der Waals surface area contributed by atoms with Crippen LogP contribution in [0.3, 0.4) is 0 Å². The summed E-state index contributed by atoms with van der Waals surface area (Å²) in [4.78, 5) is 11.0. The number of rotatable bonds is 1. The van der Waals surface area contributed by atoms with Crippen LogP contribution in [0, 0.1) is 23.2 Å². The molecule has 88 valence electrons. The monoisotopic (exact) mass is 228 g/mol. The van der Waals surface area contributed by atoms with Gasteiger partial charge in [-0.05, 0) is 42.1 Å². The van der Waals surface area contributed by atoms with Crippen molar-refractivity contribution in [2.75, 3.05) is 6.61 Å². The van der Waals surface area contributed by atoms with Gasteiger partial charge in [0, 0.05) is 11.1 Å². The van der Waals surface area contributed by atoms with Crippen molar-refractivity contribution in [2.24, 2.45) is 23.2 Å². The van der Waals surface area contributed by atoms with Crippen molar-refractivity contribution in [3.05, 3.63) is 35.1 Å². The summed E-state index contributed by atoms with van der Waals surface area (Å²) >= 11 is 0. The normalized spacial score (nSPS) is 45.8. The Labute approximate surface area is 101 Å². The number of allylic oxidation sites excluding steroid dienone is 3. The standard InChI is InChI=1S/C15H16O2/c1-8-10-3-13(10)15(2)5-14-11(4-12(8)15)9(6-16)7-17-14/h5-6,10,12-13H,1,3-4,7H2,2H3/t10-,12+,13-,15-/m1/s1. The molecule has 2 saturated carbocycles. The summed E-state index contributed by atoms with van der Waals surface area (Å²) in [6.45, 7) is 7.10. The molecule has 3 aliphatic carbocycles. The predicted octanol–water partition coefficient (Wildman–Crippen LogP) is 2.63. The predicted molar refractivity (Wildman–Crippen MR) is 64.1 cm³/mol. The van der Waals surface area contributed by atoms with Crippen LogP contribution in [0.1, 0.15) is 19.8 Å². The van der Waals surface area contributed by atoms with Crippen molar-refractivity contribution in [3.8, 4) is 0 Å². The highest BCUT2D eigenvalue weighted by molar-refractivity contribution is 5.78. The second-order valence-corrected chi connectivity index (χ2v) is 6.07. The topological polar surface area (TPSA) is 26.3 Å². The van der Waals surface area contributed by atoms with Gasteiger partial charge < -0.3 is 4.74 Å². The van der Waals surface area contributed by atoms with Crippen LogP contribution in [0.4, 0.5) is 0 Å². The summed E-state index contributed by atoms with van der Waals surface area (Å²) in [6.07, 6.45) is 5.50. The summed E-state index contributed by atoms with van der Waals surface area (Å²) in [5.74, 6) is 3.02. The van der Waals surface area contributed by atoms with E-state index in [9.17, 15) is 4.79 Å². The average molecular weight is 228 g/mol. The molecule has 4 rings (SSSR count). The summed E-state index contributed by atoms with van der Waals surface area (Å²) < 4.78 is 5.66. The summed E-state index contributed by atoms with van der Waals surface area (Å²) in [5.41, 5.74) is 3.63. The van der Waals surface area contributed by atoms with Gasteiger partial charge in [0.25, 0.3) is 0 Å². The zero-order chi connectivity index (χ0) is 11.8. The van der Waals surface area contributed by atoms with Gasteiger partial charge in [-0.2, -0.15) is 0 Å². The molecule has 0 bridgehead atoms. The molecule has 0 spiro atoms. The van der Waals surface area contributed by atoms with E-state index in [2.05, 4.69) is 19.6 Å². The van der Waals surface area contributed by atoms with Crippen LogP contribution < -0.4 is 0 Å². The largest absolute Gasteiger partial charge is 0.489 e. The highest BCUT2D eigenvalue weighted by Crippen LogP contribution is 2.70. The van der Waals surface area contributed by atoms with Crippen LogP contribution in [-0.2, 0) is 9.53 Å². The van der Waals surface area contributed by atoms with Crippen molar-refractivity contribution in [1.82, 2.24) is 0 Å². The molecule has 1 heterocycles. The van der Waals surface area contributed by atoms with Gasteiger partial charge in [0.05, 0.1) is 0 Å². The molecule has 0 unspecified atom stereocenters. The minimum atomic E-state index is 0.235. The Bertz CT molecular complexity index is 511. The molecular formula is C15H16O2. The molecule has 0 amide bonds. The Morgan fingerprint density at radius 2 is 2.41 bits per heavy atom. The van der Waals surface area contributed by atoms with Crippen molar-refractivity contribution in [1.29, 1.82) is 0 Å². The lowest BCUT2D eigenvalue weighted by Gasteiger charge is -2.36. The lowest BCUT2D eigenvalue weighted by atomic mass is 9.67. The second kappa shape index (κ2) is 2.74. The van der Waals surface area contributed by atoms with Crippen LogP contribution in [0.2, 0.25) is 0 Å². The maximum absolute atomic E-state index is 11.0. The van der Waals surface area contributed by atoms with Gasteiger partial charge >= 0.3 is 0 Å². The fourth-order valence-corrected chi connectivity index (χ4v) is 4.21. The number of carbonyl (C=O) groups excluding carboxylic acids is 1. The molecule has 2 heteroatoms. The van der Waals surface area contributed by atoms with E-state index in [1.54, 1.807) is 0 Å². The van der Waals surface area contributed by atoms with Gasteiger partial charge in [-0.1, -0.05) is 19.1 Å². The lowest BCUT2D eigenvalue weighted by Crippen LogP contribution is -2.29. The van der Waals surface area contributed by atoms with E-state index in [4.69, 9.17) is 4.74 Å². The van der Waals surface area contributed by atoms with Gasteiger partial charge in [-0.3, -0.25) is 4.79 Å². The molecule has 2 fully saturated rings. The molecule has 1 aliphatic heterocycles. The number of ether oxygens (including phenoxy) is 1. The highest BCUT2D eigenvalue weighted by Gasteiger charge is 2.63. The minimum absolute atomic E-state index is 0.235. The van der Waals surface area contributed by atoms with Gasteiger partial charge in [0.2, 0.25) is 0 Å². The molecule has 0 saturated heterocycles. The van der Waals surface area contributed by atoms with E-state index in [-0.39, 0.29) is 5.41 Å². The Kier molecular flexibility index (Phi) is 1.56. The van der Waals surface area contributed by atoms with E-state index in [0.29, 0.717) is 12.5 Å². The highest BCUT2D eigenvalue weighted by atomic mass is 16.5. The summed E-state index contributed by atoms with van der Waals surface area (Å²) in [5, 5.41) is 0. The van der Waals surface area contributed by atoms with Gasteiger partial charge in [-0.25, -0.2) is 0 Å². The maximum atomic E-state index is 11.0. The molecule has 0 aromatic heterocycles. The molecule has 4 atom stereocenters. The number of hydrogen-bond acceptors (Lipinski definition) is 2. The van der Waals surface area contributed by atoms with Crippen LogP contribution in [-0.4, -0.2) is 12.9 Å². The van der Waals surface area contributed by atoms with Crippen LogP contribution in [0.5, 0.6) is 0 Å². The van der Waals surface area contributed by atoms with E-state index < -0.39 is 0 Å². The van der Waals surface area contributed by atoms with E-state index in [1.807, 2.05) is 0 Å². The van der Waals surface area contributed by atoms with Gasteiger partial charge in [0.15, 0.2) is 0 Å². The zero-order valence-electron chi connectivity index (χ0n) is 10.0. The Morgan fingerprint density at radius 3 is 3.18 bits per heavy atom. The Balaban J connectivity index is 1.86. The summed E-state index contributed by atoms with van der Waals surface area (Å²) in [6, 6.07) is 0. The maximum Gasteiger partial charge on any atom is 0.149 e. The first-order chi connectivity index (χ1) is 8.15. The van der Waals surface area contributed by atoms with Crippen LogP contribution >= 0.6 is 0 Å². The fraction of sp³-hybridized carbons (Fsp3) is 0.533. The smallest absolute Gasteiger partial charge is 0.149 e. The third-order valence-corrected chi connectivity index (χ3v) is 5.32. The van der Waals surface area contributed by atoms with E-state index >= 15 is 0 Å².